The minimum absolute atomic E-state index is 0.0256. The second-order valence-corrected chi connectivity index (χ2v) is 4.61. The zero-order valence-corrected chi connectivity index (χ0v) is 11.6. The van der Waals surface area contributed by atoms with Crippen LogP contribution in [0.4, 0.5) is 0 Å². The quantitative estimate of drug-likeness (QED) is 0.672. The van der Waals surface area contributed by atoms with Crippen LogP contribution in [0.1, 0.15) is 38.9 Å². The molecule has 1 heterocycles. The van der Waals surface area contributed by atoms with E-state index in [0.717, 1.165) is 11.1 Å². The van der Waals surface area contributed by atoms with Crippen LogP contribution in [0.25, 0.3) is 0 Å². The molecule has 0 unspecified atom stereocenters. The molecule has 20 heavy (non-hydrogen) atoms. The van der Waals surface area contributed by atoms with Crippen LogP contribution >= 0.6 is 0 Å². The molecule has 0 aliphatic carbocycles. The van der Waals surface area contributed by atoms with E-state index in [0.29, 0.717) is 24.3 Å². The van der Waals surface area contributed by atoms with Crippen LogP contribution in [0, 0.1) is 6.92 Å². The molecule has 104 valence electrons. The van der Waals surface area contributed by atoms with Crippen LogP contribution < -0.4 is 0 Å². The summed E-state index contributed by atoms with van der Waals surface area (Å²) >= 11 is 0. The minimum atomic E-state index is -0.442. The van der Waals surface area contributed by atoms with Crippen molar-refractivity contribution in [3.8, 4) is 0 Å². The first-order valence-electron chi connectivity index (χ1n) is 6.54. The van der Waals surface area contributed by atoms with Gasteiger partial charge in [-0.15, -0.1) is 0 Å². The second-order valence-electron chi connectivity index (χ2n) is 4.61. The third-order valence-electron chi connectivity index (χ3n) is 2.95. The fourth-order valence-corrected chi connectivity index (χ4v) is 1.99. The van der Waals surface area contributed by atoms with Crippen molar-refractivity contribution in [2.24, 2.45) is 0 Å². The summed E-state index contributed by atoms with van der Waals surface area (Å²) in [6, 6.07) is 9.36. The van der Waals surface area contributed by atoms with E-state index < -0.39 is 5.97 Å². The van der Waals surface area contributed by atoms with Crippen LogP contribution in [0.2, 0.25) is 0 Å². The molecule has 1 aromatic carbocycles. The van der Waals surface area contributed by atoms with Gasteiger partial charge in [-0.1, -0.05) is 29.8 Å². The van der Waals surface area contributed by atoms with Crippen molar-refractivity contribution < 1.29 is 14.3 Å². The number of carbonyl (C=O) groups is 2. The number of aromatic amines is 1. The number of benzene rings is 1. The highest BCUT2D eigenvalue weighted by atomic mass is 16.5. The van der Waals surface area contributed by atoms with E-state index in [1.54, 1.807) is 13.1 Å². The number of nitrogens with one attached hydrogen (secondary N) is 1. The topological polar surface area (TPSA) is 59.2 Å². The van der Waals surface area contributed by atoms with Crippen molar-refractivity contribution in [1.29, 1.82) is 0 Å². The van der Waals surface area contributed by atoms with Gasteiger partial charge >= 0.3 is 5.97 Å². The number of H-pyrrole nitrogens is 1. The highest BCUT2D eigenvalue weighted by Crippen LogP contribution is 2.11. The minimum Gasteiger partial charge on any atom is -0.461 e. The number of hydrogen-bond donors (Lipinski definition) is 1. The Morgan fingerprint density at radius 1 is 1.25 bits per heavy atom. The Balaban J connectivity index is 2.08. The predicted molar refractivity (Wildman–Crippen MR) is 76.0 cm³/mol. The molecule has 0 spiro atoms. The van der Waals surface area contributed by atoms with E-state index in [9.17, 15) is 9.59 Å². The van der Waals surface area contributed by atoms with Gasteiger partial charge in [0.15, 0.2) is 5.78 Å². The van der Waals surface area contributed by atoms with E-state index in [-0.39, 0.29) is 5.78 Å². The number of carbonyl (C=O) groups excluding carboxylic acids is 2. The third kappa shape index (κ3) is 3.35. The van der Waals surface area contributed by atoms with Gasteiger partial charge in [0.2, 0.25) is 0 Å². The number of hydrogen-bond acceptors (Lipinski definition) is 3. The average Bonchev–Trinajstić information content (AvgIpc) is 2.88. The maximum Gasteiger partial charge on any atom is 0.354 e. The number of aryl methyl sites for hydroxylation is 1. The number of aromatic nitrogens is 1. The number of rotatable bonds is 5. The first-order chi connectivity index (χ1) is 9.60. The molecular weight excluding hydrogens is 254 g/mol. The molecule has 0 radical (unpaired) electrons. The van der Waals surface area contributed by atoms with Gasteiger partial charge in [0.1, 0.15) is 5.69 Å². The summed E-state index contributed by atoms with van der Waals surface area (Å²) in [5.74, 6) is -0.468. The number of Topliss-reactive ketones (excluding diaryl/α,β-unsaturated/α-hetero) is 1. The second kappa shape index (κ2) is 6.19. The number of esters is 1. The Morgan fingerprint density at radius 3 is 2.75 bits per heavy atom. The Labute approximate surface area is 117 Å². The zero-order valence-electron chi connectivity index (χ0n) is 11.6. The first kappa shape index (κ1) is 14.1. The predicted octanol–water partition coefficient (Wildman–Crippen LogP) is 2.93. The first-order valence-corrected chi connectivity index (χ1v) is 6.54. The summed E-state index contributed by atoms with van der Waals surface area (Å²) in [6.07, 6.45) is 1.87. The van der Waals surface area contributed by atoms with Gasteiger partial charge in [-0.2, -0.15) is 0 Å². The SMILES string of the molecule is CCOC(=O)c1cc(C(=O)Cc2cccc(C)c2)c[nH]1. The lowest BCUT2D eigenvalue weighted by atomic mass is 10.0. The molecule has 4 nitrogen and oxygen atoms in total. The van der Waals surface area contributed by atoms with E-state index >= 15 is 0 Å². The zero-order chi connectivity index (χ0) is 14.5. The van der Waals surface area contributed by atoms with Crippen LogP contribution in [0.3, 0.4) is 0 Å². The van der Waals surface area contributed by atoms with Crippen molar-refractivity contribution in [2.45, 2.75) is 20.3 Å². The average molecular weight is 271 g/mol. The Bertz CT molecular complexity index is 628. The van der Waals surface area contributed by atoms with Gasteiger partial charge in [-0.3, -0.25) is 4.79 Å². The molecule has 0 bridgehead atoms. The van der Waals surface area contributed by atoms with E-state index in [2.05, 4.69) is 4.98 Å². The molecule has 0 amide bonds. The van der Waals surface area contributed by atoms with Crippen molar-refractivity contribution in [3.63, 3.8) is 0 Å². The molecule has 2 aromatic rings. The molecule has 0 atom stereocenters. The highest BCUT2D eigenvalue weighted by Gasteiger charge is 2.14. The van der Waals surface area contributed by atoms with Crippen LogP contribution in [0.15, 0.2) is 36.5 Å². The Hall–Kier alpha value is -2.36. The highest BCUT2D eigenvalue weighted by molar-refractivity contribution is 6.00. The van der Waals surface area contributed by atoms with Gasteiger partial charge in [0, 0.05) is 18.2 Å². The van der Waals surface area contributed by atoms with E-state index in [1.165, 1.54) is 6.07 Å². The fraction of sp³-hybridized carbons (Fsp3) is 0.250. The normalized spacial score (nSPS) is 10.3. The number of ketones is 1. The van der Waals surface area contributed by atoms with Crippen LogP contribution in [0.5, 0.6) is 0 Å². The summed E-state index contributed by atoms with van der Waals surface area (Å²) in [7, 11) is 0. The lowest BCUT2D eigenvalue weighted by Gasteiger charge is -2.00. The van der Waals surface area contributed by atoms with Crippen molar-refractivity contribution >= 4 is 11.8 Å². The largest absolute Gasteiger partial charge is 0.461 e. The monoisotopic (exact) mass is 271 g/mol. The molecular formula is C16H17NO3. The molecule has 0 fully saturated rings. The Kier molecular flexibility index (Phi) is 4.35. The van der Waals surface area contributed by atoms with Crippen molar-refractivity contribution in [1.82, 2.24) is 4.98 Å². The standard InChI is InChI=1S/C16H17NO3/c1-3-20-16(19)14-9-13(10-17-14)15(18)8-12-6-4-5-11(2)7-12/h4-7,9-10,17H,3,8H2,1-2H3. The summed E-state index contributed by atoms with van der Waals surface area (Å²) < 4.78 is 4.87. The Morgan fingerprint density at radius 2 is 2.05 bits per heavy atom. The summed E-state index contributed by atoms with van der Waals surface area (Å²) in [4.78, 5) is 26.4. The fourth-order valence-electron chi connectivity index (χ4n) is 1.99. The lowest BCUT2D eigenvalue weighted by Crippen LogP contribution is -2.05. The van der Waals surface area contributed by atoms with E-state index in [4.69, 9.17) is 4.74 Å². The van der Waals surface area contributed by atoms with Crippen molar-refractivity contribution in [3.05, 3.63) is 58.9 Å². The summed E-state index contributed by atoms with van der Waals surface area (Å²) in [5, 5.41) is 0. The molecule has 0 saturated heterocycles. The molecule has 2 rings (SSSR count). The van der Waals surface area contributed by atoms with E-state index in [1.807, 2.05) is 31.2 Å². The maximum absolute atomic E-state index is 12.1. The lowest BCUT2D eigenvalue weighted by molar-refractivity contribution is 0.0520. The number of ether oxygens (including phenoxy) is 1. The van der Waals surface area contributed by atoms with Gasteiger partial charge in [0.25, 0.3) is 0 Å². The van der Waals surface area contributed by atoms with Gasteiger partial charge in [-0.05, 0) is 25.5 Å². The van der Waals surface area contributed by atoms with Gasteiger partial charge in [0.05, 0.1) is 6.61 Å². The molecule has 4 heteroatoms. The third-order valence-corrected chi connectivity index (χ3v) is 2.95. The molecule has 0 saturated carbocycles. The van der Waals surface area contributed by atoms with Crippen molar-refractivity contribution in [2.75, 3.05) is 6.61 Å². The van der Waals surface area contributed by atoms with Crippen LogP contribution in [-0.2, 0) is 11.2 Å². The smallest absolute Gasteiger partial charge is 0.354 e. The summed E-state index contributed by atoms with van der Waals surface area (Å²) in [6.45, 7) is 4.04. The molecule has 0 aliphatic heterocycles. The van der Waals surface area contributed by atoms with Crippen LogP contribution in [-0.4, -0.2) is 23.3 Å². The summed E-state index contributed by atoms with van der Waals surface area (Å²) in [5.41, 5.74) is 2.89. The maximum atomic E-state index is 12.1. The molecule has 1 N–H and O–H groups in total. The molecule has 0 aliphatic rings. The van der Waals surface area contributed by atoms with Gasteiger partial charge in [-0.25, -0.2) is 4.79 Å². The molecule has 1 aromatic heterocycles. The van der Waals surface area contributed by atoms with Gasteiger partial charge < -0.3 is 9.72 Å².